The number of halogens is 1. The Morgan fingerprint density at radius 3 is 2.00 bits per heavy atom. The van der Waals surface area contributed by atoms with Gasteiger partial charge in [0.05, 0.1) is 22.2 Å². The smallest absolute Gasteiger partial charge is 0.257 e. The lowest BCUT2D eigenvalue weighted by Crippen LogP contribution is -2.12. The molecule has 0 saturated carbocycles. The lowest BCUT2D eigenvalue weighted by atomic mass is 10.2. The largest absolute Gasteiger partial charge is 0.356 e. The number of hydrogen-bond acceptors (Lipinski definition) is 3. The predicted octanol–water partition coefficient (Wildman–Crippen LogP) is 5.21. The SMILES string of the molecule is N#Cc1ccc(Nc2ccc(NC(=O)c3ccccc3Cl)cc2)cc1. The van der Waals surface area contributed by atoms with Gasteiger partial charge in [-0.2, -0.15) is 5.26 Å². The van der Waals surface area contributed by atoms with Crippen LogP contribution in [0.5, 0.6) is 0 Å². The van der Waals surface area contributed by atoms with Gasteiger partial charge in [0.2, 0.25) is 0 Å². The van der Waals surface area contributed by atoms with Crippen LogP contribution in [-0.2, 0) is 0 Å². The third-order valence-corrected chi connectivity index (χ3v) is 3.89. The monoisotopic (exact) mass is 347 g/mol. The summed E-state index contributed by atoms with van der Waals surface area (Å²) in [6.07, 6.45) is 0. The number of amides is 1. The molecule has 3 aromatic rings. The van der Waals surface area contributed by atoms with Crippen LogP contribution in [0, 0.1) is 11.3 Å². The van der Waals surface area contributed by atoms with Crippen LogP contribution in [0.25, 0.3) is 0 Å². The standard InChI is InChI=1S/C20H14ClN3O/c21-19-4-2-1-3-18(19)20(25)24-17-11-9-16(10-12-17)23-15-7-5-14(13-22)6-8-15/h1-12,23H,(H,24,25). The maximum absolute atomic E-state index is 12.2. The van der Waals surface area contributed by atoms with Crippen LogP contribution in [0.4, 0.5) is 17.1 Å². The summed E-state index contributed by atoms with van der Waals surface area (Å²) in [4.78, 5) is 12.2. The number of carbonyl (C=O) groups is 1. The normalized spacial score (nSPS) is 9.92. The van der Waals surface area contributed by atoms with Crippen molar-refractivity contribution in [3.63, 3.8) is 0 Å². The number of anilines is 3. The van der Waals surface area contributed by atoms with Crippen molar-refractivity contribution in [3.8, 4) is 6.07 Å². The molecule has 1 amide bonds. The second kappa shape index (κ2) is 7.52. The van der Waals surface area contributed by atoms with Gasteiger partial charge in [0.1, 0.15) is 0 Å². The Bertz CT molecular complexity index is 928. The number of nitrogens with one attached hydrogen (secondary N) is 2. The molecule has 122 valence electrons. The van der Waals surface area contributed by atoms with Crippen LogP contribution in [0.2, 0.25) is 5.02 Å². The first-order chi connectivity index (χ1) is 12.2. The van der Waals surface area contributed by atoms with Gasteiger partial charge in [-0.25, -0.2) is 0 Å². The van der Waals surface area contributed by atoms with Crippen molar-refractivity contribution in [2.75, 3.05) is 10.6 Å². The summed E-state index contributed by atoms with van der Waals surface area (Å²) < 4.78 is 0. The Balaban J connectivity index is 1.67. The minimum Gasteiger partial charge on any atom is -0.356 e. The Morgan fingerprint density at radius 1 is 0.840 bits per heavy atom. The molecule has 3 aromatic carbocycles. The van der Waals surface area contributed by atoms with Crippen molar-refractivity contribution in [2.24, 2.45) is 0 Å². The predicted molar refractivity (Wildman–Crippen MR) is 100 cm³/mol. The third-order valence-electron chi connectivity index (χ3n) is 3.56. The van der Waals surface area contributed by atoms with E-state index in [-0.39, 0.29) is 5.91 Å². The molecule has 0 radical (unpaired) electrons. The molecule has 0 unspecified atom stereocenters. The molecule has 2 N–H and O–H groups in total. The zero-order valence-electron chi connectivity index (χ0n) is 13.2. The van der Waals surface area contributed by atoms with Crippen molar-refractivity contribution in [1.82, 2.24) is 0 Å². The van der Waals surface area contributed by atoms with Crippen molar-refractivity contribution in [2.45, 2.75) is 0 Å². The van der Waals surface area contributed by atoms with E-state index in [1.165, 1.54) is 0 Å². The minimum absolute atomic E-state index is 0.251. The average molecular weight is 348 g/mol. The first-order valence-electron chi connectivity index (χ1n) is 7.59. The topological polar surface area (TPSA) is 64.9 Å². The van der Waals surface area contributed by atoms with E-state index in [0.717, 1.165) is 11.4 Å². The van der Waals surface area contributed by atoms with Gasteiger partial charge in [0.25, 0.3) is 5.91 Å². The highest BCUT2D eigenvalue weighted by atomic mass is 35.5. The van der Waals surface area contributed by atoms with Crippen molar-refractivity contribution >= 4 is 34.6 Å². The zero-order valence-corrected chi connectivity index (χ0v) is 13.9. The van der Waals surface area contributed by atoms with Crippen LogP contribution in [-0.4, -0.2) is 5.91 Å². The van der Waals surface area contributed by atoms with Crippen molar-refractivity contribution in [3.05, 3.63) is 88.9 Å². The van der Waals surface area contributed by atoms with Crippen LogP contribution in [0.3, 0.4) is 0 Å². The molecular weight excluding hydrogens is 334 g/mol. The average Bonchev–Trinajstić information content (AvgIpc) is 2.64. The Labute approximate surface area is 150 Å². The number of hydrogen-bond donors (Lipinski definition) is 2. The molecule has 0 aliphatic carbocycles. The second-order valence-corrected chi connectivity index (χ2v) is 5.73. The molecule has 5 heteroatoms. The second-order valence-electron chi connectivity index (χ2n) is 5.33. The van der Waals surface area contributed by atoms with Gasteiger partial charge in [-0.15, -0.1) is 0 Å². The van der Waals surface area contributed by atoms with Crippen molar-refractivity contribution in [1.29, 1.82) is 5.26 Å². The van der Waals surface area contributed by atoms with Gasteiger partial charge in [-0.3, -0.25) is 4.79 Å². The number of nitriles is 1. The molecule has 4 nitrogen and oxygen atoms in total. The van der Waals surface area contributed by atoms with Gasteiger partial charge in [-0.1, -0.05) is 23.7 Å². The first-order valence-corrected chi connectivity index (χ1v) is 7.96. The highest BCUT2D eigenvalue weighted by Crippen LogP contribution is 2.21. The summed E-state index contributed by atoms with van der Waals surface area (Å²) in [5.74, 6) is -0.251. The van der Waals surface area contributed by atoms with E-state index >= 15 is 0 Å². The van der Waals surface area contributed by atoms with Gasteiger partial charge < -0.3 is 10.6 Å². The fourth-order valence-corrected chi connectivity index (χ4v) is 2.50. The van der Waals surface area contributed by atoms with E-state index in [4.69, 9.17) is 16.9 Å². The third kappa shape index (κ3) is 4.17. The number of carbonyl (C=O) groups excluding carboxylic acids is 1. The molecule has 0 spiro atoms. The molecule has 0 aliphatic rings. The number of nitrogens with zero attached hydrogens (tertiary/aromatic N) is 1. The first kappa shape index (κ1) is 16.6. The molecule has 0 fully saturated rings. The maximum atomic E-state index is 12.2. The fourth-order valence-electron chi connectivity index (χ4n) is 2.28. The lowest BCUT2D eigenvalue weighted by molar-refractivity contribution is 0.102. The summed E-state index contributed by atoms with van der Waals surface area (Å²) in [5, 5.41) is 15.3. The molecule has 25 heavy (non-hydrogen) atoms. The van der Waals surface area contributed by atoms with Gasteiger partial charge in [0, 0.05) is 17.1 Å². The van der Waals surface area contributed by atoms with Crippen LogP contribution < -0.4 is 10.6 Å². The molecule has 0 aliphatic heterocycles. The Morgan fingerprint density at radius 2 is 1.40 bits per heavy atom. The summed E-state index contributed by atoms with van der Waals surface area (Å²) in [6.45, 7) is 0. The molecule has 0 atom stereocenters. The highest BCUT2D eigenvalue weighted by Gasteiger charge is 2.09. The number of rotatable bonds is 4. The van der Waals surface area contributed by atoms with Crippen molar-refractivity contribution < 1.29 is 4.79 Å². The van der Waals surface area contributed by atoms with E-state index in [9.17, 15) is 4.79 Å². The van der Waals surface area contributed by atoms with Crippen LogP contribution >= 0.6 is 11.6 Å². The minimum atomic E-state index is -0.251. The molecular formula is C20H14ClN3O. The quantitative estimate of drug-likeness (QED) is 0.681. The van der Waals surface area contributed by atoms with Gasteiger partial charge in [0.15, 0.2) is 0 Å². The summed E-state index contributed by atoms with van der Waals surface area (Å²) >= 11 is 6.03. The zero-order chi connectivity index (χ0) is 17.6. The van der Waals surface area contributed by atoms with E-state index in [2.05, 4.69) is 16.7 Å². The van der Waals surface area contributed by atoms with Gasteiger partial charge in [-0.05, 0) is 60.7 Å². The lowest BCUT2D eigenvalue weighted by Gasteiger charge is -2.09. The summed E-state index contributed by atoms with van der Waals surface area (Å²) in [5.41, 5.74) is 3.48. The van der Waals surface area contributed by atoms with E-state index < -0.39 is 0 Å². The molecule has 0 aromatic heterocycles. The highest BCUT2D eigenvalue weighted by molar-refractivity contribution is 6.34. The number of benzene rings is 3. The molecule has 3 rings (SSSR count). The van der Waals surface area contributed by atoms with E-state index in [0.29, 0.717) is 21.8 Å². The molecule has 0 heterocycles. The molecule has 0 saturated heterocycles. The summed E-state index contributed by atoms with van der Waals surface area (Å²) in [6, 6.07) is 23.5. The fraction of sp³-hybridized carbons (Fsp3) is 0. The Kier molecular flexibility index (Phi) is 4.98. The summed E-state index contributed by atoms with van der Waals surface area (Å²) in [7, 11) is 0. The van der Waals surface area contributed by atoms with E-state index in [1.807, 2.05) is 24.3 Å². The molecule has 0 bridgehead atoms. The van der Waals surface area contributed by atoms with Crippen LogP contribution in [0.15, 0.2) is 72.8 Å². The van der Waals surface area contributed by atoms with Gasteiger partial charge >= 0.3 is 0 Å². The maximum Gasteiger partial charge on any atom is 0.257 e. The van der Waals surface area contributed by atoms with E-state index in [1.54, 1.807) is 48.5 Å². The van der Waals surface area contributed by atoms with Crippen LogP contribution in [0.1, 0.15) is 15.9 Å². The Hall–Kier alpha value is -3.29.